The summed E-state index contributed by atoms with van der Waals surface area (Å²) in [6.45, 7) is 5.84. The van der Waals surface area contributed by atoms with E-state index in [1.165, 1.54) is 148 Å². The fourth-order valence-corrected chi connectivity index (χ4v) is 5.08. The van der Waals surface area contributed by atoms with E-state index in [1.54, 1.807) is 0 Å². The van der Waals surface area contributed by atoms with E-state index in [0.717, 1.165) is 12.8 Å². The molecule has 1 aliphatic heterocycles. The molecule has 1 atom stereocenters. The van der Waals surface area contributed by atoms with Crippen LogP contribution < -0.4 is 0 Å². The van der Waals surface area contributed by atoms with Gasteiger partial charge in [0.2, 0.25) is 0 Å². The Kier molecular flexibility index (Phi) is 21.3. The van der Waals surface area contributed by atoms with Gasteiger partial charge in [0.25, 0.3) is 0 Å². The molecule has 0 radical (unpaired) electrons. The number of carbonyl (C=O) groups excluding carboxylic acids is 1. The molecule has 0 aromatic carbocycles. The van der Waals surface area contributed by atoms with Gasteiger partial charge in [-0.3, -0.25) is 0 Å². The minimum absolute atomic E-state index is 0.154. The Balaban J connectivity index is 1.71. The summed E-state index contributed by atoms with van der Waals surface area (Å²) >= 11 is 0. The van der Waals surface area contributed by atoms with Crippen LogP contribution in [0.25, 0.3) is 0 Å². The first kappa shape index (κ1) is 31.9. The van der Waals surface area contributed by atoms with Crippen molar-refractivity contribution in [2.75, 3.05) is 0 Å². The Morgan fingerprint density at radius 1 is 0.629 bits per heavy atom. The Bertz CT molecular complexity index is 551. The Morgan fingerprint density at radius 3 is 1.23 bits per heavy atom. The third-order valence-electron chi connectivity index (χ3n) is 7.48. The zero-order chi connectivity index (χ0) is 25.4. The minimum Gasteiger partial charge on any atom is -0.425 e. The van der Waals surface area contributed by atoms with Gasteiger partial charge in [-0.2, -0.15) is 0 Å². The summed E-state index contributed by atoms with van der Waals surface area (Å²) < 4.78 is 4.84. The highest BCUT2D eigenvalue weighted by atomic mass is 16.6. The molecule has 204 valence electrons. The number of aliphatic hydroxyl groups is 1. The smallest absolute Gasteiger partial charge is 0.341 e. The number of aliphatic hydroxyl groups excluding tert-OH is 1. The van der Waals surface area contributed by atoms with E-state index in [-0.39, 0.29) is 5.76 Å². The highest BCUT2D eigenvalue weighted by Gasteiger charge is 2.32. The molecule has 1 fully saturated rings. The predicted octanol–water partition coefficient (Wildman–Crippen LogP) is 10.1. The average molecular weight is 491 g/mol. The lowest BCUT2D eigenvalue weighted by Gasteiger charge is -2.04. The zero-order valence-corrected chi connectivity index (χ0v) is 23.3. The van der Waals surface area contributed by atoms with Gasteiger partial charge in [-0.1, -0.05) is 167 Å². The monoisotopic (exact) mass is 490 g/mol. The average Bonchev–Trinajstić information content (AvgIpc) is 3.09. The first-order valence-corrected chi connectivity index (χ1v) is 15.5. The van der Waals surface area contributed by atoms with Crippen molar-refractivity contribution < 1.29 is 14.6 Å². The second-order valence-electron chi connectivity index (χ2n) is 10.8. The van der Waals surface area contributed by atoms with Crippen LogP contribution in [0.1, 0.15) is 167 Å². The van der Waals surface area contributed by atoms with E-state index < -0.39 is 12.1 Å². The van der Waals surface area contributed by atoms with Crippen molar-refractivity contribution in [1.82, 2.24) is 0 Å². The van der Waals surface area contributed by atoms with Crippen LogP contribution in [0.2, 0.25) is 0 Å². The summed E-state index contributed by atoms with van der Waals surface area (Å²) in [5.41, 5.74) is 0.365. The number of esters is 1. The SMILES string of the molecule is C=C1OC(=O)/C(=C\CCCCCCCCCCCCCCCCCCCCCCCCCC)[C@H]1O. The minimum atomic E-state index is -0.933. The molecule has 0 spiro atoms. The lowest BCUT2D eigenvalue weighted by Crippen LogP contribution is -2.07. The number of carbonyl (C=O) groups is 1. The van der Waals surface area contributed by atoms with Crippen LogP contribution in [0.5, 0.6) is 0 Å². The van der Waals surface area contributed by atoms with Crippen LogP contribution in [0.3, 0.4) is 0 Å². The molecule has 0 aromatic heterocycles. The number of hydrogen-bond donors (Lipinski definition) is 1. The molecular weight excluding hydrogens is 432 g/mol. The van der Waals surface area contributed by atoms with Crippen LogP contribution >= 0.6 is 0 Å². The Hall–Kier alpha value is -1.09. The molecule has 0 amide bonds. The maximum absolute atomic E-state index is 11.6. The van der Waals surface area contributed by atoms with Crippen molar-refractivity contribution >= 4 is 5.97 Å². The third-order valence-corrected chi connectivity index (χ3v) is 7.48. The van der Waals surface area contributed by atoms with Crippen LogP contribution in [0.15, 0.2) is 24.0 Å². The molecule has 0 aliphatic carbocycles. The van der Waals surface area contributed by atoms with Crippen molar-refractivity contribution in [2.45, 2.75) is 174 Å². The van der Waals surface area contributed by atoms with E-state index in [0.29, 0.717) is 5.57 Å². The molecular formula is C32H58O3. The van der Waals surface area contributed by atoms with Crippen LogP contribution in [-0.4, -0.2) is 17.2 Å². The molecule has 1 N–H and O–H groups in total. The largest absolute Gasteiger partial charge is 0.425 e. The molecule has 35 heavy (non-hydrogen) atoms. The normalized spacial score (nSPS) is 17.0. The predicted molar refractivity (Wildman–Crippen MR) is 150 cm³/mol. The number of cyclic esters (lactones) is 1. The zero-order valence-electron chi connectivity index (χ0n) is 23.3. The summed E-state index contributed by atoms with van der Waals surface area (Å²) in [7, 11) is 0. The van der Waals surface area contributed by atoms with Crippen molar-refractivity contribution in [3.8, 4) is 0 Å². The molecule has 3 nitrogen and oxygen atoms in total. The van der Waals surface area contributed by atoms with Crippen LogP contribution in [0.4, 0.5) is 0 Å². The van der Waals surface area contributed by atoms with E-state index in [2.05, 4.69) is 13.5 Å². The maximum atomic E-state index is 11.6. The van der Waals surface area contributed by atoms with Gasteiger partial charge in [-0.05, 0) is 12.8 Å². The van der Waals surface area contributed by atoms with Crippen molar-refractivity contribution in [2.24, 2.45) is 0 Å². The molecule has 0 saturated carbocycles. The fraction of sp³-hybridized carbons (Fsp3) is 0.844. The van der Waals surface area contributed by atoms with E-state index >= 15 is 0 Å². The first-order valence-electron chi connectivity index (χ1n) is 15.5. The van der Waals surface area contributed by atoms with Gasteiger partial charge in [0.1, 0.15) is 11.9 Å². The van der Waals surface area contributed by atoms with Gasteiger partial charge >= 0.3 is 5.97 Å². The molecule has 0 unspecified atom stereocenters. The van der Waals surface area contributed by atoms with Gasteiger partial charge in [0.05, 0.1) is 5.57 Å². The standard InChI is InChI=1S/C32H58O3/c1-3-4-5-6-7-8-9-10-11-12-13-14-15-16-17-18-19-20-21-22-23-24-25-26-27-28-30-31(33)29(2)35-32(30)34/h28,31,33H,2-27H2,1H3/b30-28-/t31-/m0/s1. The summed E-state index contributed by atoms with van der Waals surface area (Å²) in [5.74, 6) is -0.285. The number of unbranched alkanes of at least 4 members (excludes halogenated alkanes) is 24. The van der Waals surface area contributed by atoms with E-state index in [9.17, 15) is 9.90 Å². The van der Waals surface area contributed by atoms with Crippen LogP contribution in [0, 0.1) is 0 Å². The van der Waals surface area contributed by atoms with E-state index in [4.69, 9.17) is 4.74 Å². The Morgan fingerprint density at radius 2 is 0.943 bits per heavy atom. The number of ether oxygens (including phenoxy) is 1. The quantitative estimate of drug-likeness (QED) is 0.0786. The summed E-state index contributed by atoms with van der Waals surface area (Å²) in [4.78, 5) is 11.6. The van der Waals surface area contributed by atoms with Gasteiger partial charge in [0, 0.05) is 0 Å². The third kappa shape index (κ3) is 17.9. The lowest BCUT2D eigenvalue weighted by atomic mass is 10.0. The van der Waals surface area contributed by atoms with Crippen molar-refractivity contribution in [1.29, 1.82) is 0 Å². The Labute approximate surface area is 218 Å². The number of hydrogen-bond acceptors (Lipinski definition) is 3. The van der Waals surface area contributed by atoms with E-state index in [1.807, 2.05) is 6.08 Å². The molecule has 0 bridgehead atoms. The summed E-state index contributed by atoms with van der Waals surface area (Å²) in [6, 6.07) is 0. The second-order valence-corrected chi connectivity index (χ2v) is 10.8. The van der Waals surface area contributed by atoms with Crippen molar-refractivity contribution in [3.63, 3.8) is 0 Å². The van der Waals surface area contributed by atoms with Crippen LogP contribution in [-0.2, 0) is 9.53 Å². The molecule has 1 aliphatic rings. The van der Waals surface area contributed by atoms with Crippen molar-refractivity contribution in [3.05, 3.63) is 24.0 Å². The summed E-state index contributed by atoms with van der Waals surface area (Å²) in [6.07, 6.45) is 35.2. The maximum Gasteiger partial charge on any atom is 0.341 e. The lowest BCUT2D eigenvalue weighted by molar-refractivity contribution is -0.132. The first-order chi connectivity index (χ1) is 17.2. The topological polar surface area (TPSA) is 46.5 Å². The highest BCUT2D eigenvalue weighted by Crippen LogP contribution is 2.24. The highest BCUT2D eigenvalue weighted by molar-refractivity contribution is 5.93. The molecule has 1 rings (SSSR count). The van der Waals surface area contributed by atoms with Gasteiger partial charge in [-0.15, -0.1) is 0 Å². The number of rotatable bonds is 25. The second kappa shape index (κ2) is 23.3. The fourth-order valence-electron chi connectivity index (χ4n) is 5.08. The van der Waals surface area contributed by atoms with Gasteiger partial charge in [0.15, 0.2) is 0 Å². The summed E-state index contributed by atoms with van der Waals surface area (Å²) in [5, 5.41) is 9.80. The molecule has 0 aromatic rings. The van der Waals surface area contributed by atoms with Gasteiger partial charge in [-0.25, -0.2) is 4.79 Å². The van der Waals surface area contributed by atoms with Gasteiger partial charge < -0.3 is 9.84 Å². The molecule has 1 saturated heterocycles. The molecule has 3 heteroatoms. The molecule has 1 heterocycles. The number of allylic oxidation sites excluding steroid dienone is 1.